The number of nitrogens with one attached hydrogen (secondary N) is 2. The highest BCUT2D eigenvalue weighted by atomic mass is 35.5. The maximum atomic E-state index is 12.5. The summed E-state index contributed by atoms with van der Waals surface area (Å²) >= 11 is 5.82. The Labute approximate surface area is 189 Å². The lowest BCUT2D eigenvalue weighted by Crippen LogP contribution is -2.21. The Morgan fingerprint density at radius 3 is 2.41 bits per heavy atom. The van der Waals surface area contributed by atoms with E-state index >= 15 is 0 Å². The first-order valence-corrected chi connectivity index (χ1v) is 9.94. The number of nitrogens with zero attached hydrogens (tertiary/aromatic N) is 2. The molecule has 2 N–H and O–H groups in total. The first-order valence-electron chi connectivity index (χ1n) is 9.57. The van der Waals surface area contributed by atoms with E-state index in [-0.39, 0.29) is 28.6 Å². The van der Waals surface area contributed by atoms with Crippen LogP contribution < -0.4 is 10.7 Å². The van der Waals surface area contributed by atoms with E-state index in [0.717, 1.165) is 17.2 Å². The third kappa shape index (κ3) is 5.77. The van der Waals surface area contributed by atoms with E-state index in [9.17, 15) is 19.7 Å². The van der Waals surface area contributed by atoms with E-state index in [2.05, 4.69) is 15.8 Å². The Morgan fingerprint density at radius 1 is 1.03 bits per heavy atom. The number of rotatable bonds is 7. The van der Waals surface area contributed by atoms with Gasteiger partial charge in [-0.15, -0.1) is 0 Å². The Morgan fingerprint density at radius 2 is 1.72 bits per heavy atom. The summed E-state index contributed by atoms with van der Waals surface area (Å²) in [5, 5.41) is 17.5. The molecule has 0 atom stereocenters. The molecule has 0 unspecified atom stereocenters. The summed E-state index contributed by atoms with van der Waals surface area (Å²) in [6, 6.07) is 20.7. The summed E-state index contributed by atoms with van der Waals surface area (Å²) in [7, 11) is 0. The van der Waals surface area contributed by atoms with Gasteiger partial charge >= 0.3 is 0 Å². The van der Waals surface area contributed by atoms with Gasteiger partial charge < -0.3 is 5.32 Å². The van der Waals surface area contributed by atoms with E-state index in [1.807, 2.05) is 54.6 Å². The molecule has 0 heterocycles. The number of amides is 2. The average molecular weight is 451 g/mol. The normalized spacial score (nSPS) is 11.0. The fraction of sp³-hybridized carbons (Fsp3) is 0.0870. The van der Waals surface area contributed by atoms with Gasteiger partial charge in [0.1, 0.15) is 5.02 Å². The standard InChI is InChI=1S/C23H19ClN4O4/c1-15(26-27-23(30)17-11-12-21(28(31)32)19(24)14-17)13-22(29)25-20-10-6-5-9-18(20)16-7-3-2-4-8-16/h2-12,14H,13H2,1H3,(H,25,29)(H,27,30). The summed E-state index contributed by atoms with van der Waals surface area (Å²) in [6.07, 6.45) is -0.0373. The number of hydrazone groups is 1. The number of hydrogen-bond donors (Lipinski definition) is 2. The highest BCUT2D eigenvalue weighted by Gasteiger charge is 2.15. The van der Waals surface area contributed by atoms with Crippen LogP contribution in [0.3, 0.4) is 0 Å². The van der Waals surface area contributed by atoms with Gasteiger partial charge in [0.25, 0.3) is 11.6 Å². The molecule has 162 valence electrons. The van der Waals surface area contributed by atoms with Crippen molar-refractivity contribution < 1.29 is 14.5 Å². The zero-order chi connectivity index (χ0) is 23.1. The van der Waals surface area contributed by atoms with E-state index in [0.29, 0.717) is 11.4 Å². The summed E-state index contributed by atoms with van der Waals surface area (Å²) in [5.74, 6) is -0.891. The third-order valence-electron chi connectivity index (χ3n) is 4.46. The largest absolute Gasteiger partial charge is 0.325 e. The molecule has 0 aliphatic carbocycles. The molecule has 8 nitrogen and oxygen atoms in total. The molecular formula is C23H19ClN4O4. The molecular weight excluding hydrogens is 432 g/mol. The molecule has 3 aromatic rings. The van der Waals surface area contributed by atoms with E-state index in [1.54, 1.807) is 6.92 Å². The van der Waals surface area contributed by atoms with Crippen LogP contribution in [0, 0.1) is 10.1 Å². The predicted molar refractivity (Wildman–Crippen MR) is 124 cm³/mol. The van der Waals surface area contributed by atoms with E-state index in [4.69, 9.17) is 11.6 Å². The van der Waals surface area contributed by atoms with Gasteiger partial charge in [0.15, 0.2) is 0 Å². The fourth-order valence-corrected chi connectivity index (χ4v) is 3.18. The van der Waals surface area contributed by atoms with E-state index in [1.165, 1.54) is 12.1 Å². The molecule has 0 saturated carbocycles. The average Bonchev–Trinajstić information content (AvgIpc) is 2.78. The monoisotopic (exact) mass is 450 g/mol. The smallest absolute Gasteiger partial charge is 0.287 e. The van der Waals surface area contributed by atoms with Crippen LogP contribution in [0.1, 0.15) is 23.7 Å². The van der Waals surface area contributed by atoms with Crippen LogP contribution in [0.5, 0.6) is 0 Å². The van der Waals surface area contributed by atoms with Gasteiger partial charge in [0, 0.05) is 28.6 Å². The quantitative estimate of drug-likeness (QED) is 0.298. The minimum absolute atomic E-state index is 0.0373. The van der Waals surface area contributed by atoms with Crippen LogP contribution in [0.4, 0.5) is 11.4 Å². The number of anilines is 1. The van der Waals surface area contributed by atoms with Crippen LogP contribution in [0.25, 0.3) is 11.1 Å². The van der Waals surface area contributed by atoms with Crippen LogP contribution in [-0.2, 0) is 4.79 Å². The minimum atomic E-state index is -0.638. The van der Waals surface area contributed by atoms with Crippen LogP contribution in [-0.4, -0.2) is 22.4 Å². The summed E-state index contributed by atoms with van der Waals surface area (Å²) < 4.78 is 0. The van der Waals surface area contributed by atoms with Crippen molar-refractivity contribution in [2.24, 2.45) is 5.10 Å². The van der Waals surface area contributed by atoms with Gasteiger partial charge in [-0.1, -0.05) is 60.1 Å². The van der Waals surface area contributed by atoms with Gasteiger partial charge in [-0.25, -0.2) is 5.43 Å². The van der Waals surface area contributed by atoms with Crippen LogP contribution in [0.15, 0.2) is 77.9 Å². The molecule has 0 fully saturated rings. The molecule has 0 bridgehead atoms. The molecule has 0 spiro atoms. The minimum Gasteiger partial charge on any atom is -0.325 e. The number of carbonyl (C=O) groups excluding carboxylic acids is 2. The van der Waals surface area contributed by atoms with Crippen LogP contribution >= 0.6 is 11.6 Å². The maximum absolute atomic E-state index is 12.5. The zero-order valence-corrected chi connectivity index (χ0v) is 17.8. The summed E-state index contributed by atoms with van der Waals surface area (Å²) in [6.45, 7) is 1.60. The van der Waals surface area contributed by atoms with Crippen molar-refractivity contribution in [2.45, 2.75) is 13.3 Å². The fourth-order valence-electron chi connectivity index (χ4n) is 2.93. The molecule has 9 heteroatoms. The van der Waals surface area contributed by atoms with Gasteiger partial charge in [0.2, 0.25) is 5.91 Å². The first-order chi connectivity index (χ1) is 15.3. The molecule has 0 aliphatic rings. The van der Waals surface area contributed by atoms with Crippen molar-refractivity contribution >= 4 is 40.5 Å². The lowest BCUT2D eigenvalue weighted by molar-refractivity contribution is -0.384. The Kier molecular flexibility index (Phi) is 7.30. The SMILES string of the molecule is CC(CC(=O)Nc1ccccc1-c1ccccc1)=NNC(=O)c1ccc([N+](=O)[O-])c(Cl)c1. The zero-order valence-electron chi connectivity index (χ0n) is 17.0. The second-order valence-corrected chi connectivity index (χ2v) is 7.26. The molecule has 0 aliphatic heterocycles. The highest BCUT2D eigenvalue weighted by Crippen LogP contribution is 2.27. The van der Waals surface area contributed by atoms with Gasteiger partial charge in [-0.2, -0.15) is 5.10 Å². The predicted octanol–water partition coefficient (Wildman–Crippen LogP) is 5.05. The molecule has 3 aromatic carbocycles. The Hall–Kier alpha value is -4.04. The Balaban J connectivity index is 1.62. The van der Waals surface area contributed by atoms with Gasteiger partial charge in [0.05, 0.1) is 11.3 Å². The molecule has 0 saturated heterocycles. The van der Waals surface area contributed by atoms with Gasteiger partial charge in [-0.3, -0.25) is 19.7 Å². The Bertz CT molecular complexity index is 1200. The number of hydrogen-bond acceptors (Lipinski definition) is 5. The lowest BCUT2D eigenvalue weighted by Gasteiger charge is -2.11. The number of nitro groups is 1. The second-order valence-electron chi connectivity index (χ2n) is 6.85. The van der Waals surface area contributed by atoms with Crippen molar-refractivity contribution in [1.29, 1.82) is 0 Å². The molecule has 32 heavy (non-hydrogen) atoms. The highest BCUT2D eigenvalue weighted by molar-refractivity contribution is 6.33. The number of nitro benzene ring substituents is 1. The first kappa shape index (κ1) is 22.6. The third-order valence-corrected chi connectivity index (χ3v) is 4.76. The van der Waals surface area contributed by atoms with Crippen LogP contribution in [0.2, 0.25) is 5.02 Å². The van der Waals surface area contributed by atoms with Crippen molar-refractivity contribution in [3.05, 3.63) is 93.5 Å². The summed E-state index contributed by atoms with van der Waals surface area (Å²) in [4.78, 5) is 34.9. The van der Waals surface area contributed by atoms with Crippen molar-refractivity contribution in [1.82, 2.24) is 5.43 Å². The maximum Gasteiger partial charge on any atom is 0.287 e. The molecule has 0 aromatic heterocycles. The van der Waals surface area contributed by atoms with E-state index < -0.39 is 10.8 Å². The lowest BCUT2D eigenvalue weighted by atomic mass is 10.0. The number of benzene rings is 3. The second kappa shape index (κ2) is 10.3. The number of halogens is 1. The molecule has 0 radical (unpaired) electrons. The van der Waals surface area contributed by atoms with Crippen molar-refractivity contribution in [3.8, 4) is 11.1 Å². The van der Waals surface area contributed by atoms with Gasteiger partial charge in [-0.05, 0) is 30.7 Å². The summed E-state index contributed by atoms with van der Waals surface area (Å²) in [5.41, 5.74) is 5.04. The molecule has 2 amide bonds. The number of para-hydroxylation sites is 1. The van der Waals surface area contributed by atoms with Crippen molar-refractivity contribution in [3.63, 3.8) is 0 Å². The molecule has 3 rings (SSSR count). The van der Waals surface area contributed by atoms with Crippen molar-refractivity contribution in [2.75, 3.05) is 5.32 Å². The number of carbonyl (C=O) groups is 2. The topological polar surface area (TPSA) is 114 Å².